The van der Waals surface area contributed by atoms with Gasteiger partial charge in [-0.25, -0.2) is 0 Å². The molecule has 6 heteroatoms. The Bertz CT molecular complexity index is 614. The van der Waals surface area contributed by atoms with Crippen LogP contribution in [0.15, 0.2) is 48.8 Å². The van der Waals surface area contributed by atoms with Crippen molar-refractivity contribution in [2.75, 3.05) is 11.9 Å². The van der Waals surface area contributed by atoms with Gasteiger partial charge >= 0.3 is 0 Å². The lowest BCUT2D eigenvalue weighted by atomic mass is 10.2. The minimum atomic E-state index is -0.577. The first-order chi connectivity index (χ1) is 9.09. The Kier molecular flexibility index (Phi) is 3.51. The van der Waals surface area contributed by atoms with Crippen LogP contribution in [0, 0.1) is 10.1 Å². The van der Waals surface area contributed by atoms with Crippen molar-refractivity contribution in [3.63, 3.8) is 0 Å². The normalized spacial score (nSPS) is 9.95. The van der Waals surface area contributed by atoms with Gasteiger partial charge in [0.25, 0.3) is 11.6 Å². The summed E-state index contributed by atoms with van der Waals surface area (Å²) in [4.78, 5) is 27.4. The Hall–Kier alpha value is -2.76. The van der Waals surface area contributed by atoms with E-state index >= 15 is 0 Å². The average Bonchev–Trinajstić information content (AvgIpc) is 2.46. The third-order valence-electron chi connectivity index (χ3n) is 2.63. The van der Waals surface area contributed by atoms with Gasteiger partial charge < -0.3 is 4.90 Å². The summed E-state index contributed by atoms with van der Waals surface area (Å²) < 4.78 is 0. The number of para-hydroxylation sites is 1. The zero-order chi connectivity index (χ0) is 13.8. The molecule has 0 aliphatic rings. The first-order valence-electron chi connectivity index (χ1n) is 5.52. The Morgan fingerprint density at radius 2 is 1.95 bits per heavy atom. The smallest absolute Gasteiger partial charge is 0.288 e. The third kappa shape index (κ3) is 2.74. The molecule has 0 unspecified atom stereocenters. The van der Waals surface area contributed by atoms with Crippen LogP contribution in [0.5, 0.6) is 0 Å². The molecule has 19 heavy (non-hydrogen) atoms. The maximum absolute atomic E-state index is 12.2. The van der Waals surface area contributed by atoms with Gasteiger partial charge in [0.05, 0.1) is 10.5 Å². The molecule has 1 heterocycles. The predicted molar refractivity (Wildman–Crippen MR) is 70.1 cm³/mol. The van der Waals surface area contributed by atoms with Crippen molar-refractivity contribution in [3.05, 3.63) is 64.5 Å². The number of benzene rings is 1. The Labute approximate surface area is 109 Å². The Morgan fingerprint density at radius 3 is 2.58 bits per heavy atom. The van der Waals surface area contributed by atoms with Crippen LogP contribution >= 0.6 is 0 Å². The van der Waals surface area contributed by atoms with Crippen LogP contribution < -0.4 is 4.90 Å². The highest BCUT2D eigenvalue weighted by Crippen LogP contribution is 2.17. The van der Waals surface area contributed by atoms with Crippen molar-refractivity contribution in [2.24, 2.45) is 0 Å². The second-order valence-corrected chi connectivity index (χ2v) is 3.89. The summed E-state index contributed by atoms with van der Waals surface area (Å²) in [5, 5.41) is 10.7. The van der Waals surface area contributed by atoms with E-state index < -0.39 is 4.92 Å². The largest absolute Gasteiger partial charge is 0.311 e. The molecule has 1 aromatic carbocycles. The lowest BCUT2D eigenvalue weighted by molar-refractivity contribution is -0.385. The summed E-state index contributed by atoms with van der Waals surface area (Å²) in [6.07, 6.45) is 2.42. The molecule has 0 aliphatic carbocycles. The molecule has 0 radical (unpaired) electrons. The first kappa shape index (κ1) is 12.7. The number of nitro groups is 1. The zero-order valence-electron chi connectivity index (χ0n) is 10.2. The van der Waals surface area contributed by atoms with Gasteiger partial charge in [-0.2, -0.15) is 0 Å². The lowest BCUT2D eigenvalue weighted by Gasteiger charge is -2.16. The van der Waals surface area contributed by atoms with E-state index in [0.717, 1.165) is 6.20 Å². The maximum atomic E-state index is 12.2. The number of hydrogen-bond acceptors (Lipinski definition) is 4. The van der Waals surface area contributed by atoms with Crippen LogP contribution in [0.3, 0.4) is 0 Å². The summed E-state index contributed by atoms with van der Waals surface area (Å²) in [6.45, 7) is 0. The van der Waals surface area contributed by atoms with Crippen molar-refractivity contribution in [1.29, 1.82) is 0 Å². The summed E-state index contributed by atoms with van der Waals surface area (Å²) in [6, 6.07) is 10.2. The number of amides is 1. The van der Waals surface area contributed by atoms with Gasteiger partial charge in [0, 0.05) is 25.0 Å². The predicted octanol–water partition coefficient (Wildman–Crippen LogP) is 2.27. The molecule has 1 amide bonds. The van der Waals surface area contributed by atoms with Crippen LogP contribution in [-0.2, 0) is 0 Å². The molecule has 0 fully saturated rings. The highest BCUT2D eigenvalue weighted by atomic mass is 16.6. The minimum absolute atomic E-state index is 0.181. The van der Waals surface area contributed by atoms with E-state index in [1.165, 1.54) is 17.2 Å². The molecule has 2 rings (SSSR count). The first-order valence-corrected chi connectivity index (χ1v) is 5.52. The van der Waals surface area contributed by atoms with E-state index in [1.54, 1.807) is 19.2 Å². The lowest BCUT2D eigenvalue weighted by Crippen LogP contribution is -2.26. The SMILES string of the molecule is CN(C(=O)c1cncc([N+](=O)[O-])c1)c1ccccc1. The number of pyridine rings is 1. The standard InChI is InChI=1S/C13H11N3O3/c1-15(11-5-3-2-4-6-11)13(17)10-7-12(16(18)19)9-14-8-10/h2-9H,1H3. The van der Waals surface area contributed by atoms with Crippen molar-refractivity contribution < 1.29 is 9.72 Å². The van der Waals surface area contributed by atoms with Gasteiger partial charge in [-0.05, 0) is 12.1 Å². The fourth-order valence-electron chi connectivity index (χ4n) is 1.61. The number of rotatable bonds is 3. The Morgan fingerprint density at radius 1 is 1.26 bits per heavy atom. The number of carbonyl (C=O) groups is 1. The number of nitrogens with zero attached hydrogens (tertiary/aromatic N) is 3. The van der Waals surface area contributed by atoms with Gasteiger partial charge in [0.15, 0.2) is 0 Å². The van der Waals surface area contributed by atoms with Crippen LogP contribution in [0.25, 0.3) is 0 Å². The molecule has 0 bridgehead atoms. The van der Waals surface area contributed by atoms with Gasteiger partial charge in [0.2, 0.25) is 0 Å². The molecule has 0 N–H and O–H groups in total. The molecule has 0 atom stereocenters. The maximum Gasteiger partial charge on any atom is 0.288 e. The van der Waals surface area contributed by atoms with Gasteiger partial charge in [0.1, 0.15) is 6.20 Å². The number of hydrogen-bond donors (Lipinski definition) is 0. The monoisotopic (exact) mass is 257 g/mol. The third-order valence-corrected chi connectivity index (χ3v) is 2.63. The van der Waals surface area contributed by atoms with Crippen LogP contribution in [0.2, 0.25) is 0 Å². The molecule has 0 spiro atoms. The number of anilines is 1. The van der Waals surface area contributed by atoms with Crippen molar-refractivity contribution >= 4 is 17.3 Å². The summed E-state index contributed by atoms with van der Waals surface area (Å²) >= 11 is 0. The van der Waals surface area contributed by atoms with E-state index in [2.05, 4.69) is 4.98 Å². The second-order valence-electron chi connectivity index (χ2n) is 3.89. The topological polar surface area (TPSA) is 76.3 Å². The fourth-order valence-corrected chi connectivity index (χ4v) is 1.61. The van der Waals surface area contributed by atoms with Crippen LogP contribution in [0.4, 0.5) is 11.4 Å². The van der Waals surface area contributed by atoms with E-state index in [-0.39, 0.29) is 17.2 Å². The highest BCUT2D eigenvalue weighted by Gasteiger charge is 2.16. The highest BCUT2D eigenvalue weighted by molar-refractivity contribution is 6.05. The minimum Gasteiger partial charge on any atom is -0.311 e. The van der Waals surface area contributed by atoms with Crippen LogP contribution in [-0.4, -0.2) is 22.9 Å². The van der Waals surface area contributed by atoms with Gasteiger partial charge in [-0.1, -0.05) is 18.2 Å². The molecule has 1 aromatic heterocycles. The van der Waals surface area contributed by atoms with E-state index in [4.69, 9.17) is 0 Å². The number of aromatic nitrogens is 1. The van der Waals surface area contributed by atoms with Crippen molar-refractivity contribution in [2.45, 2.75) is 0 Å². The van der Waals surface area contributed by atoms with E-state index in [0.29, 0.717) is 5.69 Å². The molecule has 0 saturated carbocycles. The molecule has 6 nitrogen and oxygen atoms in total. The molecular weight excluding hydrogens is 246 g/mol. The molecule has 96 valence electrons. The van der Waals surface area contributed by atoms with E-state index in [1.807, 2.05) is 18.2 Å². The fraction of sp³-hybridized carbons (Fsp3) is 0.0769. The summed E-state index contributed by atoms with van der Waals surface area (Å²) in [5.74, 6) is -0.345. The van der Waals surface area contributed by atoms with Crippen molar-refractivity contribution in [1.82, 2.24) is 4.98 Å². The van der Waals surface area contributed by atoms with Gasteiger partial charge in [-0.15, -0.1) is 0 Å². The molecular formula is C13H11N3O3. The zero-order valence-corrected chi connectivity index (χ0v) is 10.2. The quantitative estimate of drug-likeness (QED) is 0.624. The molecule has 2 aromatic rings. The summed E-state index contributed by atoms with van der Waals surface area (Å²) in [5.41, 5.74) is 0.687. The van der Waals surface area contributed by atoms with E-state index in [9.17, 15) is 14.9 Å². The molecule has 0 aliphatic heterocycles. The second kappa shape index (κ2) is 5.26. The average molecular weight is 257 g/mol. The Balaban J connectivity index is 2.29. The van der Waals surface area contributed by atoms with Gasteiger partial charge in [-0.3, -0.25) is 19.9 Å². The summed E-state index contributed by atoms with van der Waals surface area (Å²) in [7, 11) is 1.61. The molecule has 0 saturated heterocycles. The van der Waals surface area contributed by atoms with Crippen LogP contribution in [0.1, 0.15) is 10.4 Å². The van der Waals surface area contributed by atoms with Crippen molar-refractivity contribution in [3.8, 4) is 0 Å². The number of carbonyl (C=O) groups excluding carboxylic acids is 1.